The van der Waals surface area contributed by atoms with Crippen molar-refractivity contribution in [3.63, 3.8) is 0 Å². The molecule has 0 aliphatic carbocycles. The van der Waals surface area contributed by atoms with Crippen molar-refractivity contribution in [2.24, 2.45) is 0 Å². The molecule has 3 rings (SSSR count). The van der Waals surface area contributed by atoms with Crippen LogP contribution in [0.15, 0.2) is 17.5 Å². The van der Waals surface area contributed by atoms with Crippen LogP contribution in [-0.4, -0.2) is 47.9 Å². The van der Waals surface area contributed by atoms with Gasteiger partial charge >= 0.3 is 0 Å². The van der Waals surface area contributed by atoms with Gasteiger partial charge in [-0.15, -0.1) is 11.3 Å². The van der Waals surface area contributed by atoms with E-state index in [1.165, 1.54) is 28.0 Å². The minimum atomic E-state index is -0.145. The molecule has 2 heterocycles. The Hall–Kier alpha value is -2.25. The summed E-state index contributed by atoms with van der Waals surface area (Å²) >= 11 is 1.42. The Morgan fingerprint density at radius 1 is 1.32 bits per heavy atom. The van der Waals surface area contributed by atoms with E-state index in [2.05, 4.69) is 48.5 Å². The number of aryl methyl sites for hydroxylation is 3. The van der Waals surface area contributed by atoms with Crippen molar-refractivity contribution in [1.29, 1.82) is 0 Å². The number of thiazole rings is 1. The second-order valence-corrected chi connectivity index (χ2v) is 7.28. The van der Waals surface area contributed by atoms with Crippen molar-refractivity contribution < 1.29 is 9.59 Å². The molecule has 1 fully saturated rings. The van der Waals surface area contributed by atoms with E-state index in [1.54, 1.807) is 0 Å². The van der Waals surface area contributed by atoms with Gasteiger partial charge in [0.2, 0.25) is 11.8 Å². The monoisotopic (exact) mass is 358 g/mol. The number of aromatic nitrogens is 1. The molecule has 1 saturated heterocycles. The lowest BCUT2D eigenvalue weighted by atomic mass is 9.98. The van der Waals surface area contributed by atoms with E-state index in [0.717, 1.165) is 11.3 Å². The van der Waals surface area contributed by atoms with E-state index in [-0.39, 0.29) is 24.9 Å². The molecule has 1 aromatic carbocycles. The van der Waals surface area contributed by atoms with Crippen LogP contribution >= 0.6 is 11.3 Å². The van der Waals surface area contributed by atoms with Gasteiger partial charge < -0.3 is 10.6 Å². The average molecular weight is 358 g/mol. The molecule has 6 nitrogen and oxygen atoms in total. The smallest absolute Gasteiger partial charge is 0.240 e. The predicted molar refractivity (Wildman–Crippen MR) is 99.8 cm³/mol. The molecule has 0 atom stereocenters. The van der Waals surface area contributed by atoms with Crippen LogP contribution in [0.5, 0.6) is 0 Å². The molecule has 25 heavy (non-hydrogen) atoms. The molecular formula is C18H22N4O2S. The van der Waals surface area contributed by atoms with Gasteiger partial charge in [-0.25, -0.2) is 4.98 Å². The maximum absolute atomic E-state index is 12.2. The van der Waals surface area contributed by atoms with Crippen molar-refractivity contribution in [2.75, 3.05) is 31.5 Å². The van der Waals surface area contributed by atoms with Crippen molar-refractivity contribution >= 4 is 28.3 Å². The van der Waals surface area contributed by atoms with Crippen LogP contribution in [0, 0.1) is 20.8 Å². The minimum Gasteiger partial charge on any atom is -0.354 e. The molecule has 2 amide bonds. The van der Waals surface area contributed by atoms with Crippen molar-refractivity contribution in [2.45, 2.75) is 20.8 Å². The number of rotatable bonds is 4. The molecule has 0 radical (unpaired) electrons. The van der Waals surface area contributed by atoms with E-state index in [0.29, 0.717) is 18.2 Å². The number of benzene rings is 1. The Morgan fingerprint density at radius 2 is 2.04 bits per heavy atom. The van der Waals surface area contributed by atoms with Crippen LogP contribution < -0.4 is 10.6 Å². The maximum atomic E-state index is 12.2. The van der Waals surface area contributed by atoms with Gasteiger partial charge in [-0.05, 0) is 31.9 Å². The number of hydrogen-bond donors (Lipinski definition) is 2. The Labute approximate surface area is 151 Å². The summed E-state index contributed by atoms with van der Waals surface area (Å²) in [6.45, 7) is 7.97. The van der Waals surface area contributed by atoms with Crippen LogP contribution in [0.1, 0.15) is 16.7 Å². The predicted octanol–water partition coefficient (Wildman–Crippen LogP) is 2.11. The molecule has 132 valence electrons. The van der Waals surface area contributed by atoms with Crippen LogP contribution in [0.2, 0.25) is 0 Å². The van der Waals surface area contributed by atoms with E-state index in [4.69, 9.17) is 0 Å². The molecule has 1 aromatic heterocycles. The van der Waals surface area contributed by atoms with Crippen LogP contribution in [0.25, 0.3) is 11.3 Å². The van der Waals surface area contributed by atoms with Crippen molar-refractivity contribution in [3.8, 4) is 11.3 Å². The molecule has 1 aliphatic rings. The maximum Gasteiger partial charge on any atom is 0.240 e. The molecule has 0 spiro atoms. The normalized spacial score (nSPS) is 15.1. The SMILES string of the molecule is Cc1cc(C)c(-c2csc(NC(=O)CN3CCNC(=O)C3)n2)c(C)c1. The number of hydrogen-bond acceptors (Lipinski definition) is 5. The highest BCUT2D eigenvalue weighted by Gasteiger charge is 2.19. The summed E-state index contributed by atoms with van der Waals surface area (Å²) in [6.07, 6.45) is 0. The topological polar surface area (TPSA) is 74.3 Å². The number of nitrogens with zero attached hydrogens (tertiary/aromatic N) is 2. The molecule has 0 saturated carbocycles. The zero-order valence-corrected chi connectivity index (χ0v) is 15.5. The molecular weight excluding hydrogens is 336 g/mol. The summed E-state index contributed by atoms with van der Waals surface area (Å²) in [6, 6.07) is 4.28. The van der Waals surface area contributed by atoms with E-state index in [1.807, 2.05) is 10.3 Å². The van der Waals surface area contributed by atoms with Crippen LogP contribution in [0.3, 0.4) is 0 Å². The molecule has 0 unspecified atom stereocenters. The fraction of sp³-hybridized carbons (Fsp3) is 0.389. The lowest BCUT2D eigenvalue weighted by Gasteiger charge is -2.25. The molecule has 1 aliphatic heterocycles. The standard InChI is InChI=1S/C18H22N4O2S/c1-11-6-12(2)17(13(3)7-11)14-10-25-18(20-14)21-16(24)9-22-5-4-19-15(23)8-22/h6-7,10H,4-5,8-9H2,1-3H3,(H,19,23)(H,20,21,24). The van der Waals surface area contributed by atoms with Gasteiger partial charge in [-0.2, -0.15) is 0 Å². The van der Waals surface area contributed by atoms with Crippen molar-refractivity contribution in [1.82, 2.24) is 15.2 Å². The summed E-state index contributed by atoms with van der Waals surface area (Å²) in [5.74, 6) is -0.186. The summed E-state index contributed by atoms with van der Waals surface area (Å²) < 4.78 is 0. The number of anilines is 1. The minimum absolute atomic E-state index is 0.0408. The Kier molecular flexibility index (Phi) is 5.15. The summed E-state index contributed by atoms with van der Waals surface area (Å²) in [7, 11) is 0. The van der Waals surface area contributed by atoms with E-state index < -0.39 is 0 Å². The van der Waals surface area contributed by atoms with E-state index in [9.17, 15) is 9.59 Å². The van der Waals surface area contributed by atoms with Crippen LogP contribution in [-0.2, 0) is 9.59 Å². The number of piperazine rings is 1. The summed E-state index contributed by atoms with van der Waals surface area (Å²) in [4.78, 5) is 30.0. The molecule has 2 N–H and O–H groups in total. The molecule has 7 heteroatoms. The number of nitrogens with one attached hydrogen (secondary N) is 2. The fourth-order valence-electron chi connectivity index (χ4n) is 3.22. The quantitative estimate of drug-likeness (QED) is 0.878. The zero-order valence-electron chi connectivity index (χ0n) is 14.7. The third-order valence-electron chi connectivity index (χ3n) is 4.17. The van der Waals surface area contributed by atoms with Gasteiger partial charge in [0.15, 0.2) is 5.13 Å². The lowest BCUT2D eigenvalue weighted by Crippen LogP contribution is -2.49. The first-order chi connectivity index (χ1) is 11.9. The van der Waals surface area contributed by atoms with Crippen LogP contribution in [0.4, 0.5) is 5.13 Å². The first-order valence-corrected chi connectivity index (χ1v) is 9.13. The summed E-state index contributed by atoms with van der Waals surface area (Å²) in [5.41, 5.74) is 5.59. The Bertz CT molecular complexity index is 792. The zero-order chi connectivity index (χ0) is 18.0. The Morgan fingerprint density at radius 3 is 2.72 bits per heavy atom. The van der Waals surface area contributed by atoms with Gasteiger partial charge in [0, 0.05) is 24.0 Å². The summed E-state index contributed by atoms with van der Waals surface area (Å²) in [5, 5.41) is 8.14. The van der Waals surface area contributed by atoms with Gasteiger partial charge in [-0.3, -0.25) is 14.5 Å². The molecule has 0 bridgehead atoms. The highest BCUT2D eigenvalue weighted by atomic mass is 32.1. The van der Waals surface area contributed by atoms with Gasteiger partial charge in [0.25, 0.3) is 0 Å². The Balaban J connectivity index is 1.68. The highest BCUT2D eigenvalue weighted by Crippen LogP contribution is 2.31. The second kappa shape index (κ2) is 7.33. The first kappa shape index (κ1) is 17.6. The average Bonchev–Trinajstić information content (AvgIpc) is 2.94. The number of carbonyl (C=O) groups is 2. The van der Waals surface area contributed by atoms with Crippen molar-refractivity contribution in [3.05, 3.63) is 34.2 Å². The van der Waals surface area contributed by atoms with Gasteiger partial charge in [-0.1, -0.05) is 17.7 Å². The second-order valence-electron chi connectivity index (χ2n) is 6.42. The third-order valence-corrected chi connectivity index (χ3v) is 4.93. The number of carbonyl (C=O) groups excluding carboxylic acids is 2. The fourth-order valence-corrected chi connectivity index (χ4v) is 3.94. The van der Waals surface area contributed by atoms with Gasteiger partial charge in [0.1, 0.15) is 0 Å². The lowest BCUT2D eigenvalue weighted by molar-refractivity contribution is -0.125. The van der Waals surface area contributed by atoms with E-state index >= 15 is 0 Å². The van der Waals surface area contributed by atoms with Gasteiger partial charge in [0.05, 0.1) is 18.8 Å². The molecule has 2 aromatic rings. The largest absolute Gasteiger partial charge is 0.354 e. The highest BCUT2D eigenvalue weighted by molar-refractivity contribution is 7.14. The first-order valence-electron chi connectivity index (χ1n) is 8.25. The third kappa shape index (κ3) is 4.24. The number of amides is 2.